The predicted molar refractivity (Wildman–Crippen MR) is 55.8 cm³/mol. The van der Waals surface area contributed by atoms with Gasteiger partial charge >= 0.3 is 0 Å². The average molecular weight is 193 g/mol. The minimum Gasteiger partial charge on any atom is -0.486 e. The molecule has 1 N–H and O–H groups in total. The molecule has 3 nitrogen and oxygen atoms in total. The van der Waals surface area contributed by atoms with Gasteiger partial charge in [0.2, 0.25) is 0 Å². The van der Waals surface area contributed by atoms with Gasteiger partial charge in [-0.25, -0.2) is 0 Å². The topological polar surface area (TPSA) is 30.5 Å². The van der Waals surface area contributed by atoms with Gasteiger partial charge in [0.1, 0.15) is 11.9 Å². The number of methoxy groups -OCH3 is 1. The van der Waals surface area contributed by atoms with Crippen molar-refractivity contribution in [1.82, 2.24) is 0 Å². The lowest BCUT2D eigenvalue weighted by atomic mass is 10.2. The third kappa shape index (κ3) is 1.99. The van der Waals surface area contributed by atoms with E-state index >= 15 is 0 Å². The van der Waals surface area contributed by atoms with Gasteiger partial charge in [0.05, 0.1) is 12.2 Å². The van der Waals surface area contributed by atoms with Crippen molar-refractivity contribution in [3.05, 3.63) is 24.3 Å². The van der Waals surface area contributed by atoms with Crippen LogP contribution >= 0.6 is 0 Å². The zero-order valence-corrected chi connectivity index (χ0v) is 8.32. The highest BCUT2D eigenvalue weighted by Gasteiger charge is 2.17. The Morgan fingerprint density at radius 1 is 1.50 bits per heavy atom. The third-order valence-electron chi connectivity index (χ3n) is 2.34. The monoisotopic (exact) mass is 193 g/mol. The van der Waals surface area contributed by atoms with Gasteiger partial charge in [0, 0.05) is 20.1 Å². The van der Waals surface area contributed by atoms with Gasteiger partial charge in [0.25, 0.3) is 0 Å². The Labute approximate surface area is 84.0 Å². The molecule has 76 valence electrons. The highest BCUT2D eigenvalue weighted by Crippen LogP contribution is 2.28. The van der Waals surface area contributed by atoms with Gasteiger partial charge in [-0.15, -0.1) is 0 Å². The van der Waals surface area contributed by atoms with E-state index in [1.807, 2.05) is 24.3 Å². The number of nitrogens with one attached hydrogen (secondary N) is 1. The summed E-state index contributed by atoms with van der Waals surface area (Å²) in [4.78, 5) is 0. The summed E-state index contributed by atoms with van der Waals surface area (Å²) < 4.78 is 10.8. The summed E-state index contributed by atoms with van der Waals surface area (Å²) in [5.41, 5.74) is 1.08. The first-order valence-electron chi connectivity index (χ1n) is 4.88. The molecule has 1 heterocycles. The molecule has 1 aliphatic rings. The fraction of sp³-hybridized carbons (Fsp3) is 0.455. The standard InChI is InChI=1S/C11H15NO2/c1-13-7-6-9-8-12-10-4-2-3-5-11(10)14-9/h2-5,9,12H,6-8H2,1H3/t9-/m0/s1. The summed E-state index contributed by atoms with van der Waals surface area (Å²) in [5, 5.41) is 3.34. The Hall–Kier alpha value is -1.22. The number of hydrogen-bond donors (Lipinski definition) is 1. The predicted octanol–water partition coefficient (Wildman–Crippen LogP) is 1.90. The Bertz CT molecular complexity index is 301. The van der Waals surface area contributed by atoms with Crippen molar-refractivity contribution in [2.75, 3.05) is 25.6 Å². The van der Waals surface area contributed by atoms with Crippen LogP contribution in [0, 0.1) is 0 Å². The highest BCUT2D eigenvalue weighted by molar-refractivity contribution is 5.57. The van der Waals surface area contributed by atoms with E-state index in [0.29, 0.717) is 0 Å². The van der Waals surface area contributed by atoms with Crippen LogP contribution in [0.15, 0.2) is 24.3 Å². The molecule has 14 heavy (non-hydrogen) atoms. The molecule has 0 saturated carbocycles. The molecule has 1 atom stereocenters. The number of fused-ring (bicyclic) bond motifs is 1. The van der Waals surface area contributed by atoms with Crippen molar-refractivity contribution >= 4 is 5.69 Å². The number of rotatable bonds is 3. The maximum absolute atomic E-state index is 5.79. The van der Waals surface area contributed by atoms with Gasteiger partial charge < -0.3 is 14.8 Å². The van der Waals surface area contributed by atoms with Crippen LogP contribution in [0.2, 0.25) is 0 Å². The molecule has 1 aromatic carbocycles. The molecule has 0 bridgehead atoms. The van der Waals surface area contributed by atoms with Crippen molar-refractivity contribution < 1.29 is 9.47 Å². The van der Waals surface area contributed by atoms with Gasteiger partial charge in [-0.3, -0.25) is 0 Å². The molecular weight excluding hydrogens is 178 g/mol. The van der Waals surface area contributed by atoms with E-state index in [9.17, 15) is 0 Å². The lowest BCUT2D eigenvalue weighted by Crippen LogP contribution is -2.31. The van der Waals surface area contributed by atoms with Gasteiger partial charge in [-0.05, 0) is 12.1 Å². The average Bonchev–Trinajstić information content (AvgIpc) is 2.26. The SMILES string of the molecule is COCC[C@H]1CNc2ccccc2O1. The molecule has 1 aliphatic heterocycles. The number of anilines is 1. The number of hydrogen-bond acceptors (Lipinski definition) is 3. The molecule has 0 saturated heterocycles. The molecule has 0 spiro atoms. The summed E-state index contributed by atoms with van der Waals surface area (Å²) >= 11 is 0. The van der Waals surface area contributed by atoms with E-state index in [2.05, 4.69) is 5.32 Å². The molecule has 3 heteroatoms. The maximum Gasteiger partial charge on any atom is 0.142 e. The fourth-order valence-electron chi connectivity index (χ4n) is 1.57. The van der Waals surface area contributed by atoms with Gasteiger partial charge in [0.15, 0.2) is 0 Å². The molecule has 0 aromatic heterocycles. The lowest BCUT2D eigenvalue weighted by molar-refractivity contribution is 0.128. The van der Waals surface area contributed by atoms with Gasteiger partial charge in [-0.1, -0.05) is 12.1 Å². The van der Waals surface area contributed by atoms with Crippen molar-refractivity contribution in [1.29, 1.82) is 0 Å². The second-order valence-electron chi connectivity index (χ2n) is 3.40. The van der Waals surface area contributed by atoms with Crippen LogP contribution in [0.1, 0.15) is 6.42 Å². The van der Waals surface area contributed by atoms with E-state index in [1.54, 1.807) is 7.11 Å². The normalized spacial score (nSPS) is 19.4. The van der Waals surface area contributed by atoms with E-state index in [-0.39, 0.29) is 6.10 Å². The lowest BCUT2D eigenvalue weighted by Gasteiger charge is -2.27. The molecule has 0 fully saturated rings. The summed E-state index contributed by atoms with van der Waals surface area (Å²) in [5.74, 6) is 0.944. The maximum atomic E-state index is 5.79. The van der Waals surface area contributed by atoms with E-state index in [0.717, 1.165) is 31.0 Å². The van der Waals surface area contributed by atoms with Crippen molar-refractivity contribution in [2.24, 2.45) is 0 Å². The van der Waals surface area contributed by atoms with Crippen LogP contribution < -0.4 is 10.1 Å². The molecule has 0 unspecified atom stereocenters. The Balaban J connectivity index is 1.99. The summed E-state index contributed by atoms with van der Waals surface area (Å²) in [6, 6.07) is 8.01. The second-order valence-corrected chi connectivity index (χ2v) is 3.40. The minimum absolute atomic E-state index is 0.227. The second kappa shape index (κ2) is 4.33. The number of para-hydroxylation sites is 2. The van der Waals surface area contributed by atoms with Gasteiger partial charge in [-0.2, -0.15) is 0 Å². The quantitative estimate of drug-likeness (QED) is 0.795. The minimum atomic E-state index is 0.227. The van der Waals surface area contributed by atoms with Crippen LogP contribution in [-0.4, -0.2) is 26.4 Å². The summed E-state index contributed by atoms with van der Waals surface area (Å²) in [6.07, 6.45) is 1.16. The first-order valence-corrected chi connectivity index (χ1v) is 4.88. The van der Waals surface area contributed by atoms with E-state index in [1.165, 1.54) is 0 Å². The number of ether oxygens (including phenoxy) is 2. The molecular formula is C11H15NO2. The van der Waals surface area contributed by atoms with Crippen molar-refractivity contribution in [3.8, 4) is 5.75 Å². The smallest absolute Gasteiger partial charge is 0.142 e. The Morgan fingerprint density at radius 2 is 2.36 bits per heavy atom. The summed E-state index contributed by atoms with van der Waals surface area (Å²) in [7, 11) is 1.71. The van der Waals surface area contributed by atoms with E-state index in [4.69, 9.17) is 9.47 Å². The molecule has 0 radical (unpaired) electrons. The highest BCUT2D eigenvalue weighted by atomic mass is 16.5. The van der Waals surface area contributed by atoms with Crippen LogP contribution in [0.5, 0.6) is 5.75 Å². The van der Waals surface area contributed by atoms with Crippen molar-refractivity contribution in [2.45, 2.75) is 12.5 Å². The Kier molecular flexibility index (Phi) is 2.89. The largest absolute Gasteiger partial charge is 0.486 e. The van der Waals surface area contributed by atoms with E-state index < -0.39 is 0 Å². The van der Waals surface area contributed by atoms with Crippen LogP contribution in [-0.2, 0) is 4.74 Å². The number of benzene rings is 1. The molecule has 1 aromatic rings. The van der Waals surface area contributed by atoms with Crippen LogP contribution in [0.25, 0.3) is 0 Å². The zero-order chi connectivity index (χ0) is 9.80. The summed E-state index contributed by atoms with van der Waals surface area (Å²) in [6.45, 7) is 1.61. The van der Waals surface area contributed by atoms with Crippen molar-refractivity contribution in [3.63, 3.8) is 0 Å². The Morgan fingerprint density at radius 3 is 3.21 bits per heavy atom. The first kappa shape index (κ1) is 9.34. The zero-order valence-electron chi connectivity index (χ0n) is 8.32. The molecule has 2 rings (SSSR count). The van der Waals surface area contributed by atoms with Crippen LogP contribution in [0.4, 0.5) is 5.69 Å². The fourth-order valence-corrected chi connectivity index (χ4v) is 1.57. The first-order chi connectivity index (χ1) is 6.90. The van der Waals surface area contributed by atoms with Crippen LogP contribution in [0.3, 0.4) is 0 Å². The molecule has 0 aliphatic carbocycles. The third-order valence-corrected chi connectivity index (χ3v) is 2.34. The molecule has 0 amide bonds.